The maximum absolute atomic E-state index is 12.9. The fourth-order valence-corrected chi connectivity index (χ4v) is 2.71. The molecule has 1 aliphatic heterocycles. The van der Waals surface area contributed by atoms with Crippen molar-refractivity contribution in [1.82, 2.24) is 10.2 Å². The van der Waals surface area contributed by atoms with Crippen LogP contribution in [0.3, 0.4) is 0 Å². The van der Waals surface area contributed by atoms with Gasteiger partial charge >= 0.3 is 18.2 Å². The van der Waals surface area contributed by atoms with Crippen molar-refractivity contribution in [3.05, 3.63) is 29.8 Å². The topological polar surface area (TPSA) is 89.9 Å². The molecule has 1 aromatic rings. The Kier molecular flexibility index (Phi) is 4.91. The van der Waals surface area contributed by atoms with Crippen LogP contribution in [-0.4, -0.2) is 46.4 Å². The summed E-state index contributed by atoms with van der Waals surface area (Å²) in [6, 6.07) is 4.76. The molecule has 0 spiro atoms. The molecular weight excluding hydrogens is 329 g/mol. The maximum atomic E-state index is 12.9. The molecule has 132 valence electrons. The highest BCUT2D eigenvalue weighted by Gasteiger charge is 2.53. The quantitative estimate of drug-likeness (QED) is 0.784. The van der Waals surface area contributed by atoms with Crippen LogP contribution in [0.2, 0.25) is 0 Å². The number of urea groups is 1. The predicted molar refractivity (Wildman–Crippen MR) is 77.3 cm³/mol. The van der Waals surface area contributed by atoms with Crippen LogP contribution in [0, 0.1) is 11.8 Å². The number of nitrogens with zero attached hydrogens (tertiary/aromatic N) is 1. The van der Waals surface area contributed by atoms with Crippen LogP contribution in [0.5, 0.6) is 5.75 Å². The van der Waals surface area contributed by atoms with E-state index in [2.05, 4.69) is 5.32 Å². The molecule has 0 bridgehead atoms. The van der Waals surface area contributed by atoms with Crippen molar-refractivity contribution in [1.29, 1.82) is 0 Å². The number of nitrogens with one attached hydrogen (secondary N) is 1. The standard InChI is InChI=1S/C15H17F3N2O4/c1-8(9-3-2-4-10(21)5-9)19-14(24)20-6-11(13(22)23)12(7-20)15(16,17)18/h2-5,8,11-12,21H,6-7H2,1H3,(H,19,24)(H,22,23)/t8?,11-,12-/m1/s1. The van der Waals surface area contributed by atoms with E-state index in [1.807, 2.05) is 0 Å². The third kappa shape index (κ3) is 3.90. The van der Waals surface area contributed by atoms with Gasteiger partial charge in [-0.2, -0.15) is 13.2 Å². The van der Waals surface area contributed by atoms with Crippen molar-refractivity contribution in [2.75, 3.05) is 13.1 Å². The lowest BCUT2D eigenvalue weighted by atomic mass is 9.96. The number of aromatic hydroxyl groups is 1. The number of phenolic OH excluding ortho intramolecular Hbond substituents is 1. The van der Waals surface area contributed by atoms with Crippen molar-refractivity contribution >= 4 is 12.0 Å². The number of carboxylic acid groups (broad SMARTS) is 1. The van der Waals surface area contributed by atoms with Gasteiger partial charge in [0.1, 0.15) is 5.75 Å². The minimum Gasteiger partial charge on any atom is -0.508 e. The SMILES string of the molecule is CC(NC(=O)N1C[C@@H](C(F)(F)F)[C@H](C(=O)O)C1)c1cccc(O)c1. The van der Waals surface area contributed by atoms with Gasteiger partial charge in [-0.3, -0.25) is 4.79 Å². The van der Waals surface area contributed by atoms with Crippen LogP contribution < -0.4 is 5.32 Å². The number of hydrogen-bond acceptors (Lipinski definition) is 3. The van der Waals surface area contributed by atoms with Gasteiger partial charge in [-0.25, -0.2) is 4.79 Å². The number of aliphatic carboxylic acids is 1. The first-order valence-corrected chi connectivity index (χ1v) is 7.23. The Morgan fingerprint density at radius 2 is 2.00 bits per heavy atom. The number of phenols is 1. The zero-order valence-corrected chi connectivity index (χ0v) is 12.7. The van der Waals surface area contributed by atoms with E-state index in [4.69, 9.17) is 5.11 Å². The molecule has 1 unspecified atom stereocenters. The molecule has 24 heavy (non-hydrogen) atoms. The molecule has 1 aromatic carbocycles. The van der Waals surface area contributed by atoms with E-state index in [1.165, 1.54) is 12.1 Å². The summed E-state index contributed by atoms with van der Waals surface area (Å²) in [5.74, 6) is -5.34. The van der Waals surface area contributed by atoms with Crippen LogP contribution in [-0.2, 0) is 4.79 Å². The Balaban J connectivity index is 2.06. The first-order chi connectivity index (χ1) is 11.1. The van der Waals surface area contributed by atoms with Crippen LogP contribution in [0.1, 0.15) is 18.5 Å². The van der Waals surface area contributed by atoms with Gasteiger partial charge in [0.2, 0.25) is 0 Å². The molecule has 0 radical (unpaired) electrons. The number of benzene rings is 1. The zero-order chi connectivity index (χ0) is 18.1. The number of alkyl halides is 3. The van der Waals surface area contributed by atoms with E-state index >= 15 is 0 Å². The van der Waals surface area contributed by atoms with Crippen LogP contribution in [0.15, 0.2) is 24.3 Å². The highest BCUT2D eigenvalue weighted by Crippen LogP contribution is 2.37. The van der Waals surface area contributed by atoms with E-state index < -0.39 is 49.1 Å². The Morgan fingerprint density at radius 3 is 2.50 bits per heavy atom. The normalized spacial score (nSPS) is 22.2. The zero-order valence-electron chi connectivity index (χ0n) is 12.7. The number of carboxylic acids is 1. The lowest BCUT2D eigenvalue weighted by molar-refractivity contribution is -0.187. The molecule has 0 aromatic heterocycles. The van der Waals surface area contributed by atoms with Gasteiger partial charge in [0, 0.05) is 13.1 Å². The number of halogens is 3. The van der Waals surface area contributed by atoms with Crippen molar-refractivity contribution in [3.63, 3.8) is 0 Å². The van der Waals surface area contributed by atoms with E-state index in [0.717, 1.165) is 4.90 Å². The smallest absolute Gasteiger partial charge is 0.394 e. The summed E-state index contributed by atoms with van der Waals surface area (Å²) in [5, 5.41) is 20.9. The number of carbonyl (C=O) groups excluding carboxylic acids is 1. The second-order valence-electron chi connectivity index (χ2n) is 5.76. The number of hydrogen-bond donors (Lipinski definition) is 3. The van der Waals surface area contributed by atoms with Crippen molar-refractivity contribution < 1.29 is 33.0 Å². The monoisotopic (exact) mass is 346 g/mol. The molecule has 1 heterocycles. The first kappa shape index (κ1) is 17.9. The van der Waals surface area contributed by atoms with E-state index in [9.17, 15) is 27.9 Å². The minimum absolute atomic E-state index is 0.00199. The molecule has 9 heteroatoms. The molecule has 2 amide bonds. The number of likely N-dealkylation sites (tertiary alicyclic amines) is 1. The van der Waals surface area contributed by atoms with Crippen LogP contribution >= 0.6 is 0 Å². The maximum Gasteiger partial charge on any atom is 0.394 e. The lowest BCUT2D eigenvalue weighted by Gasteiger charge is -2.21. The number of carbonyl (C=O) groups is 2. The summed E-state index contributed by atoms with van der Waals surface area (Å²) in [5.41, 5.74) is 0.574. The van der Waals surface area contributed by atoms with Crippen molar-refractivity contribution in [2.45, 2.75) is 19.1 Å². The molecule has 6 nitrogen and oxygen atoms in total. The molecule has 2 rings (SSSR count). The average Bonchev–Trinajstić information content (AvgIpc) is 2.92. The largest absolute Gasteiger partial charge is 0.508 e. The summed E-state index contributed by atoms with van der Waals surface area (Å²) in [7, 11) is 0. The average molecular weight is 346 g/mol. The molecular formula is C15H17F3N2O4. The summed E-state index contributed by atoms with van der Waals surface area (Å²) in [4.78, 5) is 24.0. The Morgan fingerprint density at radius 1 is 1.33 bits per heavy atom. The fourth-order valence-electron chi connectivity index (χ4n) is 2.71. The van der Waals surface area contributed by atoms with Crippen molar-refractivity contribution in [2.24, 2.45) is 11.8 Å². The van der Waals surface area contributed by atoms with Gasteiger partial charge < -0.3 is 20.4 Å². The van der Waals surface area contributed by atoms with Gasteiger partial charge in [0.25, 0.3) is 0 Å². The van der Waals surface area contributed by atoms with E-state index in [1.54, 1.807) is 19.1 Å². The van der Waals surface area contributed by atoms with Gasteiger partial charge in [0.05, 0.1) is 17.9 Å². The Labute approximate surface area is 135 Å². The highest BCUT2D eigenvalue weighted by atomic mass is 19.4. The second-order valence-corrected chi connectivity index (χ2v) is 5.76. The lowest BCUT2D eigenvalue weighted by Crippen LogP contribution is -2.40. The fraction of sp³-hybridized carbons (Fsp3) is 0.467. The molecule has 3 N–H and O–H groups in total. The summed E-state index contributed by atoms with van der Waals surface area (Å²) in [6.45, 7) is 0.413. The predicted octanol–water partition coefficient (Wildman–Crippen LogP) is 2.36. The number of rotatable bonds is 3. The summed E-state index contributed by atoms with van der Waals surface area (Å²) in [6.07, 6.45) is -4.69. The van der Waals surface area contributed by atoms with Gasteiger partial charge in [-0.15, -0.1) is 0 Å². The molecule has 1 aliphatic rings. The minimum atomic E-state index is -4.69. The number of amides is 2. The van der Waals surface area contributed by atoms with Crippen LogP contribution in [0.4, 0.5) is 18.0 Å². The third-order valence-corrected chi connectivity index (χ3v) is 4.05. The first-order valence-electron chi connectivity index (χ1n) is 7.23. The molecule has 3 atom stereocenters. The van der Waals surface area contributed by atoms with E-state index in [0.29, 0.717) is 5.56 Å². The van der Waals surface area contributed by atoms with Gasteiger partial charge in [-0.1, -0.05) is 12.1 Å². The third-order valence-electron chi connectivity index (χ3n) is 4.05. The Bertz CT molecular complexity index is 635. The highest BCUT2D eigenvalue weighted by molar-refractivity contribution is 5.78. The molecule has 1 saturated heterocycles. The van der Waals surface area contributed by atoms with Crippen molar-refractivity contribution in [3.8, 4) is 5.75 Å². The van der Waals surface area contributed by atoms with E-state index in [-0.39, 0.29) is 5.75 Å². The molecule has 0 aliphatic carbocycles. The summed E-state index contributed by atoms with van der Waals surface area (Å²) >= 11 is 0. The van der Waals surface area contributed by atoms with Gasteiger partial charge in [0.15, 0.2) is 0 Å². The molecule has 1 fully saturated rings. The molecule has 0 saturated carbocycles. The Hall–Kier alpha value is -2.45. The van der Waals surface area contributed by atoms with Crippen LogP contribution in [0.25, 0.3) is 0 Å². The summed E-state index contributed by atoms with van der Waals surface area (Å²) < 4.78 is 38.8. The second kappa shape index (κ2) is 6.58. The van der Waals surface area contributed by atoms with Gasteiger partial charge in [-0.05, 0) is 24.6 Å².